The molecule has 1 radical (unpaired) electrons. The highest BCUT2D eigenvalue weighted by molar-refractivity contribution is 5.41. The summed E-state index contributed by atoms with van der Waals surface area (Å²) in [7, 11) is 0. The molecule has 1 unspecified atom stereocenters. The molecule has 0 heterocycles. The van der Waals surface area contributed by atoms with E-state index in [0.29, 0.717) is 0 Å². The molecule has 1 atom stereocenters. The van der Waals surface area contributed by atoms with E-state index < -0.39 is 0 Å². The highest BCUT2D eigenvalue weighted by Crippen LogP contribution is 2.09. The molecule has 0 bridgehead atoms. The zero-order chi connectivity index (χ0) is 9.52. The lowest BCUT2D eigenvalue weighted by Crippen LogP contribution is -2.10. The Morgan fingerprint density at radius 3 is 2.69 bits per heavy atom. The lowest BCUT2D eigenvalue weighted by atomic mass is 10.1. The average Bonchev–Trinajstić information content (AvgIpc) is 2.17. The predicted molar refractivity (Wildman–Crippen MR) is 57.8 cm³/mol. The van der Waals surface area contributed by atoms with Crippen LogP contribution in [0.15, 0.2) is 24.3 Å². The number of anilines is 1. The van der Waals surface area contributed by atoms with Crippen LogP contribution in [0.1, 0.15) is 26.7 Å². The molecule has 0 fully saturated rings. The lowest BCUT2D eigenvalue weighted by molar-refractivity contribution is 0.551. The summed E-state index contributed by atoms with van der Waals surface area (Å²) in [6.07, 6.45) is 2.57. The van der Waals surface area contributed by atoms with Gasteiger partial charge in [-0.3, -0.25) is 0 Å². The molecule has 0 aliphatic carbocycles. The molecule has 0 aliphatic rings. The van der Waals surface area contributed by atoms with Crippen molar-refractivity contribution in [1.82, 2.24) is 0 Å². The van der Waals surface area contributed by atoms with Crippen LogP contribution in [0.5, 0.6) is 0 Å². The minimum Gasteiger partial charge on any atom is -0.385 e. The molecule has 1 nitrogen and oxygen atoms in total. The second kappa shape index (κ2) is 5.63. The van der Waals surface area contributed by atoms with Crippen molar-refractivity contribution in [2.24, 2.45) is 5.92 Å². The first-order valence-corrected chi connectivity index (χ1v) is 5.03. The summed E-state index contributed by atoms with van der Waals surface area (Å²) < 4.78 is 0. The molecule has 1 N–H and O–H groups in total. The van der Waals surface area contributed by atoms with Crippen LogP contribution in [-0.4, -0.2) is 6.54 Å². The van der Waals surface area contributed by atoms with Crippen molar-refractivity contribution in [3.05, 3.63) is 30.3 Å². The summed E-state index contributed by atoms with van der Waals surface area (Å²) in [6, 6.07) is 11.0. The Morgan fingerprint density at radius 1 is 1.38 bits per heavy atom. The summed E-state index contributed by atoms with van der Waals surface area (Å²) in [6.45, 7) is 5.58. The first kappa shape index (κ1) is 10.1. The van der Waals surface area contributed by atoms with Gasteiger partial charge in [0.2, 0.25) is 0 Å². The van der Waals surface area contributed by atoms with E-state index in [2.05, 4.69) is 37.4 Å². The minimum atomic E-state index is 0.759. The molecule has 1 rings (SSSR count). The van der Waals surface area contributed by atoms with Gasteiger partial charge >= 0.3 is 0 Å². The number of hydrogen-bond acceptors (Lipinski definition) is 1. The van der Waals surface area contributed by atoms with Gasteiger partial charge in [0.15, 0.2) is 0 Å². The van der Waals surface area contributed by atoms with Crippen molar-refractivity contribution in [3.63, 3.8) is 0 Å². The summed E-state index contributed by atoms with van der Waals surface area (Å²) >= 11 is 0. The van der Waals surface area contributed by atoms with E-state index in [9.17, 15) is 0 Å². The fourth-order valence-corrected chi connectivity index (χ4v) is 1.39. The van der Waals surface area contributed by atoms with Crippen LogP contribution in [0.2, 0.25) is 0 Å². The van der Waals surface area contributed by atoms with Crippen molar-refractivity contribution in [2.75, 3.05) is 11.9 Å². The van der Waals surface area contributed by atoms with E-state index >= 15 is 0 Å². The molecular formula is C12H18N. The first-order valence-electron chi connectivity index (χ1n) is 5.03. The second-order valence-corrected chi connectivity index (χ2v) is 3.56. The molecule has 0 saturated carbocycles. The van der Waals surface area contributed by atoms with E-state index in [-0.39, 0.29) is 0 Å². The molecular weight excluding hydrogens is 158 g/mol. The van der Waals surface area contributed by atoms with Crippen LogP contribution >= 0.6 is 0 Å². The molecule has 1 aromatic carbocycles. The Hall–Kier alpha value is -0.980. The van der Waals surface area contributed by atoms with Crippen molar-refractivity contribution in [1.29, 1.82) is 0 Å². The van der Waals surface area contributed by atoms with Gasteiger partial charge in [0, 0.05) is 12.2 Å². The van der Waals surface area contributed by atoms with E-state index in [4.69, 9.17) is 0 Å². The Morgan fingerprint density at radius 2 is 2.08 bits per heavy atom. The van der Waals surface area contributed by atoms with Crippen LogP contribution < -0.4 is 5.32 Å². The molecule has 1 heteroatoms. The van der Waals surface area contributed by atoms with Gasteiger partial charge in [-0.2, -0.15) is 0 Å². The van der Waals surface area contributed by atoms with Gasteiger partial charge in [-0.15, -0.1) is 0 Å². The van der Waals surface area contributed by atoms with Crippen molar-refractivity contribution >= 4 is 5.69 Å². The van der Waals surface area contributed by atoms with Gasteiger partial charge in [-0.1, -0.05) is 32.4 Å². The van der Waals surface area contributed by atoms with Gasteiger partial charge in [0.25, 0.3) is 0 Å². The highest BCUT2D eigenvalue weighted by Gasteiger charge is 1.99. The minimum absolute atomic E-state index is 0.759. The topological polar surface area (TPSA) is 12.0 Å². The Kier molecular flexibility index (Phi) is 4.37. The number of benzene rings is 1. The quantitative estimate of drug-likeness (QED) is 0.725. The fourth-order valence-electron chi connectivity index (χ4n) is 1.39. The molecule has 0 amide bonds. The normalized spacial score (nSPS) is 12.5. The third-order valence-electron chi connectivity index (χ3n) is 2.15. The van der Waals surface area contributed by atoms with Crippen LogP contribution in [0.3, 0.4) is 0 Å². The SMILES string of the molecule is CCCC(C)CNc1cc[c]cc1. The second-order valence-electron chi connectivity index (χ2n) is 3.56. The molecule has 71 valence electrons. The smallest absolute Gasteiger partial charge is 0.0340 e. The fraction of sp³-hybridized carbons (Fsp3) is 0.500. The molecule has 0 saturated heterocycles. The third-order valence-corrected chi connectivity index (χ3v) is 2.15. The van der Waals surface area contributed by atoms with Gasteiger partial charge in [-0.25, -0.2) is 0 Å². The lowest BCUT2D eigenvalue weighted by Gasteiger charge is -2.11. The van der Waals surface area contributed by atoms with E-state index in [1.807, 2.05) is 12.1 Å². The predicted octanol–water partition coefficient (Wildman–Crippen LogP) is 3.33. The first-order chi connectivity index (χ1) is 6.33. The number of nitrogens with one attached hydrogen (secondary N) is 1. The van der Waals surface area contributed by atoms with E-state index in [0.717, 1.165) is 12.5 Å². The molecule has 1 aromatic rings. The summed E-state index contributed by atoms with van der Waals surface area (Å²) in [5.41, 5.74) is 1.20. The van der Waals surface area contributed by atoms with E-state index in [1.165, 1.54) is 18.5 Å². The third kappa shape index (κ3) is 3.97. The van der Waals surface area contributed by atoms with E-state index in [1.54, 1.807) is 0 Å². The van der Waals surface area contributed by atoms with Crippen molar-refractivity contribution in [3.8, 4) is 0 Å². The molecule has 13 heavy (non-hydrogen) atoms. The number of rotatable bonds is 5. The van der Waals surface area contributed by atoms with Gasteiger partial charge < -0.3 is 5.32 Å². The largest absolute Gasteiger partial charge is 0.385 e. The number of hydrogen-bond donors (Lipinski definition) is 1. The van der Waals surface area contributed by atoms with Gasteiger partial charge in [0.1, 0.15) is 0 Å². The Balaban J connectivity index is 2.27. The van der Waals surface area contributed by atoms with Gasteiger partial charge in [0.05, 0.1) is 0 Å². The zero-order valence-corrected chi connectivity index (χ0v) is 8.51. The van der Waals surface area contributed by atoms with Crippen LogP contribution in [0, 0.1) is 12.0 Å². The highest BCUT2D eigenvalue weighted by atomic mass is 14.9. The maximum absolute atomic E-state index is 3.41. The maximum Gasteiger partial charge on any atom is 0.0340 e. The summed E-state index contributed by atoms with van der Waals surface area (Å²) in [4.78, 5) is 0. The van der Waals surface area contributed by atoms with Crippen molar-refractivity contribution < 1.29 is 0 Å². The molecule has 0 spiro atoms. The van der Waals surface area contributed by atoms with Crippen LogP contribution in [0.25, 0.3) is 0 Å². The summed E-state index contributed by atoms with van der Waals surface area (Å²) in [5, 5.41) is 3.41. The Bertz CT molecular complexity index is 218. The maximum atomic E-state index is 3.41. The monoisotopic (exact) mass is 176 g/mol. The van der Waals surface area contributed by atoms with Crippen LogP contribution in [0.4, 0.5) is 5.69 Å². The summed E-state index contributed by atoms with van der Waals surface area (Å²) in [5.74, 6) is 0.759. The standard InChI is InChI=1S/C12H18N/c1-3-7-11(2)10-13-12-8-5-4-6-9-12/h5-6,8-9,11,13H,3,7,10H2,1-2H3. The zero-order valence-electron chi connectivity index (χ0n) is 8.51. The Labute approximate surface area is 81.2 Å². The van der Waals surface area contributed by atoms with Crippen molar-refractivity contribution in [2.45, 2.75) is 26.7 Å². The van der Waals surface area contributed by atoms with Crippen LogP contribution in [-0.2, 0) is 0 Å². The average molecular weight is 176 g/mol. The molecule has 0 aliphatic heterocycles. The molecule has 0 aromatic heterocycles. The van der Waals surface area contributed by atoms with Gasteiger partial charge in [-0.05, 0) is 30.5 Å².